The van der Waals surface area contributed by atoms with E-state index in [2.05, 4.69) is 4.98 Å². The van der Waals surface area contributed by atoms with Crippen LogP contribution >= 0.6 is 0 Å². The molecule has 0 saturated carbocycles. The molecule has 0 radical (unpaired) electrons. The third-order valence-corrected chi connectivity index (χ3v) is 2.88. The van der Waals surface area contributed by atoms with E-state index in [1.807, 2.05) is 0 Å². The lowest BCUT2D eigenvalue weighted by Gasteiger charge is -2.09. The summed E-state index contributed by atoms with van der Waals surface area (Å²) in [4.78, 5) is 26.9. The van der Waals surface area contributed by atoms with E-state index in [1.54, 1.807) is 38.3 Å². The third kappa shape index (κ3) is 2.85. The fourth-order valence-electron chi connectivity index (χ4n) is 1.86. The first-order valence-electron chi connectivity index (χ1n) is 5.96. The Morgan fingerprint density at radius 2 is 2.00 bits per heavy atom. The second-order valence-corrected chi connectivity index (χ2v) is 4.24. The molecule has 1 N–H and O–H groups in total. The molecule has 0 aliphatic carbocycles. The number of carboxylic acids is 1. The molecule has 1 aromatic heterocycles. The molecule has 0 aliphatic heterocycles. The maximum absolute atomic E-state index is 11.9. The number of hydrogen-bond donors (Lipinski definition) is 1. The van der Waals surface area contributed by atoms with Gasteiger partial charge in [-0.05, 0) is 31.2 Å². The second-order valence-electron chi connectivity index (χ2n) is 4.24. The van der Waals surface area contributed by atoms with Crippen LogP contribution in [0.3, 0.4) is 0 Å². The quantitative estimate of drug-likeness (QED) is 0.909. The van der Waals surface area contributed by atoms with E-state index in [0.29, 0.717) is 17.3 Å². The van der Waals surface area contributed by atoms with Gasteiger partial charge >= 0.3 is 5.97 Å². The number of carbonyl (C=O) groups is 1. The van der Waals surface area contributed by atoms with Crippen LogP contribution in [0.4, 0.5) is 0 Å². The lowest BCUT2D eigenvalue weighted by atomic mass is 10.1. The van der Waals surface area contributed by atoms with Crippen LogP contribution in [0.15, 0.2) is 35.1 Å². The summed E-state index contributed by atoms with van der Waals surface area (Å²) in [5.41, 5.74) is 0.899. The van der Waals surface area contributed by atoms with Crippen LogP contribution in [0.25, 0.3) is 11.3 Å². The van der Waals surface area contributed by atoms with Gasteiger partial charge in [0.25, 0.3) is 5.56 Å². The van der Waals surface area contributed by atoms with Crippen molar-refractivity contribution in [3.8, 4) is 17.0 Å². The number of benzene rings is 1. The Labute approximate surface area is 115 Å². The zero-order chi connectivity index (χ0) is 14.7. The predicted octanol–water partition coefficient (Wildman–Crippen LogP) is 1.31. The van der Waals surface area contributed by atoms with Gasteiger partial charge in [0.15, 0.2) is 0 Å². The molecule has 0 bridgehead atoms. The van der Waals surface area contributed by atoms with Crippen LogP contribution in [0.2, 0.25) is 0 Å². The van der Waals surface area contributed by atoms with E-state index < -0.39 is 5.97 Å². The Bertz CT molecular complexity index is 689. The Balaban J connectivity index is 2.43. The molecule has 0 atom stereocenters. The molecule has 2 aromatic rings. The van der Waals surface area contributed by atoms with E-state index in [-0.39, 0.29) is 12.1 Å². The minimum Gasteiger partial charge on any atom is -0.497 e. The topological polar surface area (TPSA) is 81.4 Å². The van der Waals surface area contributed by atoms with Gasteiger partial charge in [-0.3, -0.25) is 14.2 Å². The maximum Gasteiger partial charge on any atom is 0.323 e. The van der Waals surface area contributed by atoms with E-state index in [0.717, 1.165) is 10.1 Å². The fraction of sp³-hybridized carbons (Fsp3) is 0.214. The van der Waals surface area contributed by atoms with Gasteiger partial charge in [0.05, 0.1) is 12.8 Å². The van der Waals surface area contributed by atoms with Gasteiger partial charge in [-0.25, -0.2) is 4.98 Å². The Hall–Kier alpha value is -2.63. The zero-order valence-electron chi connectivity index (χ0n) is 11.2. The zero-order valence-corrected chi connectivity index (χ0v) is 11.2. The van der Waals surface area contributed by atoms with Gasteiger partial charge in [0, 0.05) is 11.6 Å². The molecular weight excluding hydrogens is 260 g/mol. The normalized spacial score (nSPS) is 10.3. The Morgan fingerprint density at radius 1 is 1.35 bits per heavy atom. The summed E-state index contributed by atoms with van der Waals surface area (Å²) >= 11 is 0. The number of methoxy groups -OCH3 is 1. The molecular formula is C14H14N2O4. The highest BCUT2D eigenvalue weighted by atomic mass is 16.5. The van der Waals surface area contributed by atoms with Crippen LogP contribution in [0, 0.1) is 6.92 Å². The van der Waals surface area contributed by atoms with Gasteiger partial charge in [-0.1, -0.05) is 0 Å². The van der Waals surface area contributed by atoms with Crippen molar-refractivity contribution >= 4 is 5.97 Å². The number of aryl methyl sites for hydroxylation is 1. The van der Waals surface area contributed by atoms with Crippen LogP contribution < -0.4 is 10.3 Å². The van der Waals surface area contributed by atoms with Crippen LogP contribution in [0.1, 0.15) is 5.82 Å². The highest BCUT2D eigenvalue weighted by Gasteiger charge is 2.09. The molecule has 20 heavy (non-hydrogen) atoms. The predicted molar refractivity (Wildman–Crippen MR) is 72.9 cm³/mol. The van der Waals surface area contributed by atoms with Crippen molar-refractivity contribution in [2.24, 2.45) is 0 Å². The average molecular weight is 274 g/mol. The average Bonchev–Trinajstić information content (AvgIpc) is 2.42. The first-order chi connectivity index (χ1) is 9.51. The molecule has 0 unspecified atom stereocenters. The first kappa shape index (κ1) is 13.8. The van der Waals surface area contributed by atoms with Gasteiger partial charge in [0.1, 0.15) is 18.1 Å². The molecule has 0 aliphatic rings. The highest BCUT2D eigenvalue weighted by molar-refractivity contribution is 5.66. The molecule has 1 heterocycles. The van der Waals surface area contributed by atoms with Crippen molar-refractivity contribution in [3.05, 3.63) is 46.5 Å². The summed E-state index contributed by atoms with van der Waals surface area (Å²) in [5, 5.41) is 8.76. The largest absolute Gasteiger partial charge is 0.497 e. The molecule has 104 valence electrons. The number of nitrogens with zero attached hydrogens (tertiary/aromatic N) is 2. The van der Waals surface area contributed by atoms with E-state index >= 15 is 0 Å². The number of ether oxygens (including phenoxy) is 1. The first-order valence-corrected chi connectivity index (χ1v) is 5.96. The number of aliphatic carboxylic acids is 1. The monoisotopic (exact) mass is 274 g/mol. The van der Waals surface area contributed by atoms with Crippen LogP contribution in [-0.2, 0) is 11.3 Å². The van der Waals surface area contributed by atoms with Gasteiger partial charge in [-0.15, -0.1) is 0 Å². The molecule has 6 nitrogen and oxygen atoms in total. The lowest BCUT2D eigenvalue weighted by Crippen LogP contribution is -2.26. The SMILES string of the molecule is COc1ccc(-c2cc(=O)n(CC(=O)O)c(C)n2)cc1. The lowest BCUT2D eigenvalue weighted by molar-refractivity contribution is -0.137. The molecule has 0 spiro atoms. The van der Waals surface area contributed by atoms with Crippen molar-refractivity contribution in [2.75, 3.05) is 7.11 Å². The van der Waals surface area contributed by atoms with Crippen molar-refractivity contribution in [1.29, 1.82) is 0 Å². The second kappa shape index (κ2) is 5.56. The summed E-state index contributed by atoms with van der Waals surface area (Å²) in [6.07, 6.45) is 0. The summed E-state index contributed by atoms with van der Waals surface area (Å²) in [5.74, 6) is 0.00427. The van der Waals surface area contributed by atoms with E-state index in [4.69, 9.17) is 9.84 Å². The maximum atomic E-state index is 11.9. The highest BCUT2D eigenvalue weighted by Crippen LogP contribution is 2.19. The van der Waals surface area contributed by atoms with Crippen molar-refractivity contribution in [2.45, 2.75) is 13.5 Å². The van der Waals surface area contributed by atoms with Crippen molar-refractivity contribution < 1.29 is 14.6 Å². The number of hydrogen-bond acceptors (Lipinski definition) is 4. The van der Waals surface area contributed by atoms with Gasteiger partial charge in [-0.2, -0.15) is 0 Å². The minimum absolute atomic E-state index is 0.366. The van der Waals surface area contributed by atoms with Crippen molar-refractivity contribution in [3.63, 3.8) is 0 Å². The smallest absolute Gasteiger partial charge is 0.323 e. The van der Waals surface area contributed by atoms with Crippen LogP contribution in [-0.4, -0.2) is 27.7 Å². The third-order valence-electron chi connectivity index (χ3n) is 2.88. The molecule has 0 fully saturated rings. The molecule has 1 aromatic carbocycles. The Kier molecular flexibility index (Phi) is 3.84. The number of aromatic nitrogens is 2. The van der Waals surface area contributed by atoms with Gasteiger partial charge < -0.3 is 9.84 Å². The summed E-state index contributed by atoms with van der Waals surface area (Å²) in [6.45, 7) is 1.22. The molecule has 0 saturated heterocycles. The molecule has 2 rings (SSSR count). The Morgan fingerprint density at radius 3 is 2.50 bits per heavy atom. The number of rotatable bonds is 4. The van der Waals surface area contributed by atoms with E-state index in [9.17, 15) is 9.59 Å². The van der Waals surface area contributed by atoms with Crippen molar-refractivity contribution in [1.82, 2.24) is 9.55 Å². The van der Waals surface area contributed by atoms with Gasteiger partial charge in [0.2, 0.25) is 0 Å². The molecule has 0 amide bonds. The standard InChI is InChI=1S/C14H14N2O4/c1-9-15-12(7-13(17)16(9)8-14(18)19)10-3-5-11(20-2)6-4-10/h3-7H,8H2,1-2H3,(H,18,19). The summed E-state index contributed by atoms with van der Waals surface area (Å²) in [7, 11) is 1.57. The summed E-state index contributed by atoms with van der Waals surface area (Å²) in [6, 6.07) is 8.46. The number of carboxylic acid groups (broad SMARTS) is 1. The fourth-order valence-corrected chi connectivity index (χ4v) is 1.86. The van der Waals surface area contributed by atoms with E-state index in [1.165, 1.54) is 6.07 Å². The van der Waals surface area contributed by atoms with Crippen LogP contribution in [0.5, 0.6) is 5.75 Å². The minimum atomic E-state index is -1.07. The molecule has 6 heteroatoms. The summed E-state index contributed by atoms with van der Waals surface area (Å²) < 4.78 is 6.18.